The van der Waals surface area contributed by atoms with Gasteiger partial charge >= 0.3 is 0 Å². The Bertz CT molecular complexity index is 396. The molecule has 3 aliphatic rings. The molecule has 3 fully saturated rings. The van der Waals surface area contributed by atoms with E-state index in [-0.39, 0.29) is 0 Å². The van der Waals surface area contributed by atoms with Crippen LogP contribution in [0.25, 0.3) is 0 Å². The lowest BCUT2D eigenvalue weighted by atomic mass is 9.60. The molecule has 3 rings (SSSR count). The molecule has 0 amide bonds. The van der Waals surface area contributed by atoms with Crippen LogP contribution in [0.4, 0.5) is 0 Å². The van der Waals surface area contributed by atoms with Crippen LogP contribution in [0.15, 0.2) is 0 Å². The highest BCUT2D eigenvalue weighted by Crippen LogP contribution is 2.58. The molecule has 29 heavy (non-hydrogen) atoms. The molecule has 5 atom stereocenters. The van der Waals surface area contributed by atoms with E-state index in [0.29, 0.717) is 0 Å². The summed E-state index contributed by atoms with van der Waals surface area (Å²) in [4.78, 5) is 0. The van der Waals surface area contributed by atoms with E-state index in [9.17, 15) is 0 Å². The summed E-state index contributed by atoms with van der Waals surface area (Å²) in [5.41, 5.74) is 0. The van der Waals surface area contributed by atoms with Crippen LogP contribution in [0, 0.1) is 35.5 Å². The first-order chi connectivity index (χ1) is 14.3. The minimum Gasteiger partial charge on any atom is -0.0654 e. The van der Waals surface area contributed by atoms with Crippen molar-refractivity contribution in [2.75, 3.05) is 0 Å². The molecular formula is C29H54. The molecular weight excluding hydrogens is 348 g/mol. The fourth-order valence-corrected chi connectivity index (χ4v) is 8.02. The molecule has 3 saturated carbocycles. The van der Waals surface area contributed by atoms with Crippen LogP contribution < -0.4 is 0 Å². The first-order valence-corrected chi connectivity index (χ1v) is 14.3. The van der Waals surface area contributed by atoms with Gasteiger partial charge in [0, 0.05) is 0 Å². The Balaban J connectivity index is 1.51. The fourth-order valence-electron chi connectivity index (χ4n) is 8.02. The molecule has 170 valence electrons. The van der Waals surface area contributed by atoms with Gasteiger partial charge in [-0.05, 0) is 61.2 Å². The van der Waals surface area contributed by atoms with Crippen LogP contribution in [0.5, 0.6) is 0 Å². The minimum absolute atomic E-state index is 1.08. The molecule has 0 aromatic rings. The fraction of sp³-hybridized carbons (Fsp3) is 1.00. The van der Waals surface area contributed by atoms with Gasteiger partial charge in [0.2, 0.25) is 0 Å². The normalized spacial score (nSPS) is 31.3. The van der Waals surface area contributed by atoms with Gasteiger partial charge < -0.3 is 0 Å². The lowest BCUT2D eigenvalue weighted by Gasteiger charge is -2.46. The molecule has 0 spiro atoms. The van der Waals surface area contributed by atoms with Crippen molar-refractivity contribution in [3.63, 3.8) is 0 Å². The van der Waals surface area contributed by atoms with E-state index in [1.165, 1.54) is 77.0 Å². The van der Waals surface area contributed by atoms with Crippen molar-refractivity contribution in [3.8, 4) is 0 Å². The monoisotopic (exact) mass is 402 g/mol. The summed E-state index contributed by atoms with van der Waals surface area (Å²) >= 11 is 0. The van der Waals surface area contributed by atoms with Gasteiger partial charge in [-0.25, -0.2) is 0 Å². The van der Waals surface area contributed by atoms with Crippen molar-refractivity contribution >= 4 is 0 Å². The van der Waals surface area contributed by atoms with E-state index in [1.54, 1.807) is 57.8 Å². The van der Waals surface area contributed by atoms with E-state index < -0.39 is 0 Å². The Hall–Kier alpha value is 0. The second kappa shape index (κ2) is 13.4. The first kappa shape index (κ1) is 23.7. The van der Waals surface area contributed by atoms with E-state index in [4.69, 9.17) is 0 Å². The molecule has 3 aliphatic carbocycles. The summed E-state index contributed by atoms with van der Waals surface area (Å²) in [7, 11) is 0. The zero-order chi connectivity index (χ0) is 20.3. The SMILES string of the molecule is CCCCCCCCC(CCCCCCCC)[C@@H]1C[C@H]2CCC[C@@H]2[C@H]2CCC[C@@H]21. The molecule has 0 bridgehead atoms. The van der Waals surface area contributed by atoms with Crippen molar-refractivity contribution in [1.29, 1.82) is 0 Å². The second-order valence-electron chi connectivity index (χ2n) is 11.4. The van der Waals surface area contributed by atoms with Crippen molar-refractivity contribution < 1.29 is 0 Å². The highest BCUT2D eigenvalue weighted by molar-refractivity contribution is 4.99. The molecule has 0 radical (unpaired) electrons. The standard InChI is InChI=1S/C29H54/c1-3-5-7-9-11-13-17-24(18-14-12-10-8-6-4-2)29-23-25-19-15-20-26(25)27-21-16-22-28(27)29/h24-29H,3-23H2,1-2H3/t25-,26+,27-,28+,29+/m1/s1. The number of hydrogen-bond donors (Lipinski definition) is 0. The van der Waals surface area contributed by atoms with Gasteiger partial charge in [-0.3, -0.25) is 0 Å². The number of hydrogen-bond acceptors (Lipinski definition) is 0. The lowest BCUT2D eigenvalue weighted by Crippen LogP contribution is -2.38. The third-order valence-corrected chi connectivity index (χ3v) is 9.48. The Labute approximate surface area is 184 Å². The summed E-state index contributed by atoms with van der Waals surface area (Å²) in [6.07, 6.45) is 32.0. The number of rotatable bonds is 15. The molecule has 0 aromatic carbocycles. The first-order valence-electron chi connectivity index (χ1n) is 14.3. The van der Waals surface area contributed by atoms with Gasteiger partial charge in [-0.2, -0.15) is 0 Å². The van der Waals surface area contributed by atoms with Gasteiger partial charge in [0.25, 0.3) is 0 Å². The highest BCUT2D eigenvalue weighted by atomic mass is 14.5. The number of unbranched alkanes of at least 4 members (excludes halogenated alkanes) is 10. The Morgan fingerprint density at radius 3 is 1.72 bits per heavy atom. The summed E-state index contributed by atoms with van der Waals surface area (Å²) in [5, 5.41) is 0. The molecule has 0 heterocycles. The van der Waals surface area contributed by atoms with Crippen molar-refractivity contribution in [1.82, 2.24) is 0 Å². The minimum atomic E-state index is 1.08. The molecule has 0 aromatic heterocycles. The van der Waals surface area contributed by atoms with E-state index in [2.05, 4.69) is 13.8 Å². The Kier molecular flexibility index (Phi) is 10.9. The van der Waals surface area contributed by atoms with Gasteiger partial charge in [-0.15, -0.1) is 0 Å². The molecule has 0 N–H and O–H groups in total. The van der Waals surface area contributed by atoms with E-state index in [1.807, 2.05) is 0 Å². The third kappa shape index (κ3) is 7.00. The van der Waals surface area contributed by atoms with Crippen molar-refractivity contribution in [2.45, 2.75) is 149 Å². The zero-order valence-corrected chi connectivity index (χ0v) is 20.3. The largest absolute Gasteiger partial charge is 0.0654 e. The van der Waals surface area contributed by atoms with Crippen LogP contribution in [-0.4, -0.2) is 0 Å². The summed E-state index contributed by atoms with van der Waals surface area (Å²) in [6, 6.07) is 0. The topological polar surface area (TPSA) is 0 Å². The third-order valence-electron chi connectivity index (χ3n) is 9.48. The molecule has 0 heteroatoms. The highest BCUT2D eigenvalue weighted by Gasteiger charge is 2.49. The van der Waals surface area contributed by atoms with Crippen LogP contribution in [0.1, 0.15) is 149 Å². The number of fused-ring (bicyclic) bond motifs is 3. The molecule has 0 aliphatic heterocycles. The average Bonchev–Trinajstić information content (AvgIpc) is 3.39. The second-order valence-corrected chi connectivity index (χ2v) is 11.4. The van der Waals surface area contributed by atoms with E-state index in [0.717, 1.165) is 35.5 Å². The van der Waals surface area contributed by atoms with Crippen molar-refractivity contribution in [3.05, 3.63) is 0 Å². The summed E-state index contributed by atoms with van der Waals surface area (Å²) in [5.74, 6) is 6.78. The van der Waals surface area contributed by atoms with Crippen molar-refractivity contribution in [2.24, 2.45) is 35.5 Å². The predicted molar refractivity (Wildman–Crippen MR) is 129 cm³/mol. The maximum atomic E-state index is 2.34. The smallest absolute Gasteiger partial charge is 0.0352 e. The predicted octanol–water partition coefficient (Wildman–Crippen LogP) is 9.96. The van der Waals surface area contributed by atoms with Gasteiger partial charge in [0.05, 0.1) is 0 Å². The zero-order valence-electron chi connectivity index (χ0n) is 20.3. The van der Waals surface area contributed by atoms with Crippen LogP contribution in [-0.2, 0) is 0 Å². The summed E-state index contributed by atoms with van der Waals surface area (Å²) in [6.45, 7) is 4.68. The molecule has 0 saturated heterocycles. The quantitative estimate of drug-likeness (QED) is 0.239. The lowest BCUT2D eigenvalue weighted by molar-refractivity contribution is 0.0340. The van der Waals surface area contributed by atoms with Gasteiger partial charge in [-0.1, -0.05) is 123 Å². The molecule has 0 nitrogen and oxygen atoms in total. The van der Waals surface area contributed by atoms with E-state index >= 15 is 0 Å². The maximum Gasteiger partial charge on any atom is -0.0352 e. The van der Waals surface area contributed by atoms with Gasteiger partial charge in [0.1, 0.15) is 0 Å². The maximum absolute atomic E-state index is 2.34. The average molecular weight is 403 g/mol. The Morgan fingerprint density at radius 2 is 1.07 bits per heavy atom. The van der Waals surface area contributed by atoms with Gasteiger partial charge in [0.15, 0.2) is 0 Å². The molecule has 0 unspecified atom stereocenters. The van der Waals surface area contributed by atoms with Crippen LogP contribution in [0.3, 0.4) is 0 Å². The summed E-state index contributed by atoms with van der Waals surface area (Å²) < 4.78 is 0. The van der Waals surface area contributed by atoms with Crippen LogP contribution >= 0.6 is 0 Å². The van der Waals surface area contributed by atoms with Crippen LogP contribution in [0.2, 0.25) is 0 Å². The Morgan fingerprint density at radius 1 is 0.552 bits per heavy atom.